The van der Waals surface area contributed by atoms with E-state index in [9.17, 15) is 9.59 Å². The van der Waals surface area contributed by atoms with Crippen LogP contribution in [0.3, 0.4) is 0 Å². The molecule has 4 rings (SSSR count). The van der Waals surface area contributed by atoms with Crippen LogP contribution in [-0.2, 0) is 20.6 Å². The third kappa shape index (κ3) is 2.42. The Morgan fingerprint density at radius 2 is 1.72 bits per heavy atom. The molecular weight excluding hydrogens is 384 g/mol. The zero-order valence-corrected chi connectivity index (χ0v) is 15.3. The Hall–Kier alpha value is -2.67. The summed E-state index contributed by atoms with van der Waals surface area (Å²) in [6, 6.07) is 13.9. The van der Waals surface area contributed by atoms with Crippen molar-refractivity contribution in [1.82, 2.24) is 18.7 Å². The van der Waals surface area contributed by atoms with Crippen LogP contribution in [-0.4, -0.2) is 18.7 Å². The minimum absolute atomic E-state index is 0.217. The molecular formula is C18H15BrN4O2. The molecule has 0 atom stereocenters. The molecule has 2 aromatic carbocycles. The van der Waals surface area contributed by atoms with E-state index < -0.39 is 0 Å². The lowest BCUT2D eigenvalue weighted by Gasteiger charge is -2.09. The highest BCUT2D eigenvalue weighted by atomic mass is 79.9. The summed E-state index contributed by atoms with van der Waals surface area (Å²) in [5.74, 6) is 0. The molecule has 126 valence electrons. The van der Waals surface area contributed by atoms with Crippen molar-refractivity contribution in [2.24, 2.45) is 14.1 Å². The highest BCUT2D eigenvalue weighted by Crippen LogP contribution is 2.17. The van der Waals surface area contributed by atoms with Crippen molar-refractivity contribution < 1.29 is 0 Å². The molecule has 0 N–H and O–H groups in total. The number of imidazole rings is 1. The molecule has 4 aromatic rings. The van der Waals surface area contributed by atoms with Crippen molar-refractivity contribution in [1.29, 1.82) is 0 Å². The SMILES string of the molecule is Cn1c(Br)nc2c1c(=O)n(Cc1ccc3ccccc3c1)c(=O)n2C. The lowest BCUT2D eigenvalue weighted by Crippen LogP contribution is -2.39. The molecule has 0 aliphatic heterocycles. The van der Waals surface area contributed by atoms with E-state index in [-0.39, 0.29) is 17.8 Å². The molecule has 2 aromatic heterocycles. The molecule has 0 saturated heterocycles. The summed E-state index contributed by atoms with van der Waals surface area (Å²) in [6.07, 6.45) is 0. The average molecular weight is 399 g/mol. The van der Waals surface area contributed by atoms with Crippen molar-refractivity contribution in [3.63, 3.8) is 0 Å². The highest BCUT2D eigenvalue weighted by molar-refractivity contribution is 9.10. The summed E-state index contributed by atoms with van der Waals surface area (Å²) >= 11 is 3.31. The average Bonchev–Trinajstić information content (AvgIpc) is 2.92. The highest BCUT2D eigenvalue weighted by Gasteiger charge is 2.17. The Balaban J connectivity index is 1.92. The summed E-state index contributed by atoms with van der Waals surface area (Å²) in [6.45, 7) is 0.217. The van der Waals surface area contributed by atoms with Gasteiger partial charge in [-0.15, -0.1) is 0 Å². The van der Waals surface area contributed by atoms with Gasteiger partial charge in [-0.25, -0.2) is 9.78 Å². The van der Waals surface area contributed by atoms with Crippen LogP contribution in [0, 0.1) is 0 Å². The van der Waals surface area contributed by atoms with Crippen LogP contribution in [0.1, 0.15) is 5.56 Å². The van der Waals surface area contributed by atoms with Gasteiger partial charge in [-0.2, -0.15) is 0 Å². The quantitative estimate of drug-likeness (QED) is 0.487. The summed E-state index contributed by atoms with van der Waals surface area (Å²) in [4.78, 5) is 29.8. The fourth-order valence-electron chi connectivity index (χ4n) is 3.08. The second kappa shape index (κ2) is 5.70. The van der Waals surface area contributed by atoms with Gasteiger partial charge in [0.15, 0.2) is 15.9 Å². The molecule has 0 amide bonds. The molecule has 0 aliphatic carbocycles. The molecule has 25 heavy (non-hydrogen) atoms. The number of fused-ring (bicyclic) bond motifs is 2. The zero-order valence-electron chi connectivity index (χ0n) is 13.7. The largest absolute Gasteiger partial charge is 0.332 e. The van der Waals surface area contributed by atoms with Gasteiger partial charge in [0.2, 0.25) is 0 Å². The Morgan fingerprint density at radius 3 is 2.48 bits per heavy atom. The van der Waals surface area contributed by atoms with Crippen molar-refractivity contribution in [2.75, 3.05) is 0 Å². The van der Waals surface area contributed by atoms with E-state index in [0.717, 1.165) is 16.3 Å². The first-order valence-corrected chi connectivity index (χ1v) is 8.56. The van der Waals surface area contributed by atoms with Crippen molar-refractivity contribution >= 4 is 37.9 Å². The molecule has 0 bridgehead atoms. The molecule has 6 nitrogen and oxygen atoms in total. The van der Waals surface area contributed by atoms with Gasteiger partial charge in [0.05, 0.1) is 6.54 Å². The third-order valence-corrected chi connectivity index (χ3v) is 5.17. The maximum Gasteiger partial charge on any atom is 0.332 e. The topological polar surface area (TPSA) is 61.8 Å². The molecule has 0 aliphatic rings. The number of hydrogen-bond acceptors (Lipinski definition) is 3. The van der Waals surface area contributed by atoms with E-state index in [2.05, 4.69) is 20.9 Å². The van der Waals surface area contributed by atoms with E-state index in [1.807, 2.05) is 42.5 Å². The van der Waals surface area contributed by atoms with Crippen LogP contribution in [0.2, 0.25) is 0 Å². The van der Waals surface area contributed by atoms with Crippen molar-refractivity contribution in [3.8, 4) is 0 Å². The maximum atomic E-state index is 12.9. The normalized spacial score (nSPS) is 11.5. The van der Waals surface area contributed by atoms with Gasteiger partial charge < -0.3 is 4.57 Å². The smallest absolute Gasteiger partial charge is 0.316 e. The molecule has 0 spiro atoms. The molecule has 0 fully saturated rings. The number of benzene rings is 2. The van der Waals surface area contributed by atoms with Crippen molar-refractivity contribution in [3.05, 3.63) is 73.6 Å². The predicted molar refractivity (Wildman–Crippen MR) is 101 cm³/mol. The van der Waals surface area contributed by atoms with E-state index in [4.69, 9.17) is 0 Å². The lowest BCUT2D eigenvalue weighted by atomic mass is 10.1. The first-order chi connectivity index (χ1) is 12.0. The van der Waals surface area contributed by atoms with E-state index in [1.54, 1.807) is 18.7 Å². The van der Waals surface area contributed by atoms with Gasteiger partial charge >= 0.3 is 5.69 Å². The van der Waals surface area contributed by atoms with Gasteiger partial charge in [-0.1, -0.05) is 36.4 Å². The third-order valence-electron chi connectivity index (χ3n) is 4.46. The predicted octanol–water partition coefficient (Wildman–Crippen LogP) is 2.40. The van der Waals surface area contributed by atoms with E-state index >= 15 is 0 Å². The van der Waals surface area contributed by atoms with Crippen LogP contribution < -0.4 is 11.2 Å². The molecule has 7 heteroatoms. The Labute approximate surface area is 151 Å². The lowest BCUT2D eigenvalue weighted by molar-refractivity contribution is 0.655. The van der Waals surface area contributed by atoms with Crippen molar-refractivity contribution in [2.45, 2.75) is 6.54 Å². The Kier molecular flexibility index (Phi) is 3.61. The van der Waals surface area contributed by atoms with Crippen LogP contribution in [0.5, 0.6) is 0 Å². The summed E-state index contributed by atoms with van der Waals surface area (Å²) in [7, 11) is 3.37. The zero-order chi connectivity index (χ0) is 17.7. The number of halogens is 1. The number of hydrogen-bond donors (Lipinski definition) is 0. The van der Waals surface area contributed by atoms with Gasteiger partial charge in [-0.05, 0) is 38.3 Å². The van der Waals surface area contributed by atoms with Crippen LogP contribution >= 0.6 is 15.9 Å². The molecule has 0 saturated carbocycles. The summed E-state index contributed by atoms with van der Waals surface area (Å²) < 4.78 is 4.81. The second-order valence-electron chi connectivity index (χ2n) is 6.03. The fourth-order valence-corrected chi connectivity index (χ4v) is 3.42. The number of aryl methyl sites for hydroxylation is 2. The molecule has 0 unspecified atom stereocenters. The van der Waals surface area contributed by atoms with Crippen LogP contribution in [0.15, 0.2) is 56.8 Å². The summed E-state index contributed by atoms with van der Waals surface area (Å²) in [5.41, 5.74) is 0.954. The van der Waals surface area contributed by atoms with E-state index in [0.29, 0.717) is 15.9 Å². The van der Waals surface area contributed by atoms with Gasteiger partial charge in [0, 0.05) is 14.1 Å². The first-order valence-electron chi connectivity index (χ1n) is 7.77. The van der Waals surface area contributed by atoms with Gasteiger partial charge in [0.25, 0.3) is 5.56 Å². The monoisotopic (exact) mass is 398 g/mol. The van der Waals surface area contributed by atoms with Crippen LogP contribution in [0.25, 0.3) is 21.9 Å². The summed E-state index contributed by atoms with van der Waals surface area (Å²) in [5, 5.41) is 2.20. The second-order valence-corrected chi connectivity index (χ2v) is 6.74. The van der Waals surface area contributed by atoms with E-state index in [1.165, 1.54) is 9.13 Å². The molecule has 2 heterocycles. The first kappa shape index (κ1) is 15.8. The molecule has 0 radical (unpaired) electrons. The fraction of sp³-hybridized carbons (Fsp3) is 0.167. The van der Waals surface area contributed by atoms with Gasteiger partial charge in [0.1, 0.15) is 0 Å². The minimum Gasteiger partial charge on any atom is -0.316 e. The van der Waals surface area contributed by atoms with Gasteiger partial charge in [-0.3, -0.25) is 13.9 Å². The standard InChI is InChI=1S/C18H15BrN4O2/c1-21-14-15(20-17(21)19)22(2)18(25)23(16(14)24)10-11-7-8-12-5-3-4-6-13(12)9-11/h3-9H,10H2,1-2H3. The Bertz CT molecular complexity index is 1250. The van der Waals surface area contributed by atoms with Crippen LogP contribution in [0.4, 0.5) is 0 Å². The number of aromatic nitrogens is 4. The minimum atomic E-state index is -0.378. The Morgan fingerprint density at radius 1 is 1.00 bits per heavy atom. The number of nitrogens with zero attached hydrogens (tertiary/aromatic N) is 4. The maximum absolute atomic E-state index is 12.9. The number of rotatable bonds is 2.